The maximum Gasteiger partial charge on any atom is 0.134 e. The van der Waals surface area contributed by atoms with E-state index < -0.39 is 0 Å². The molecule has 2 aromatic rings. The van der Waals surface area contributed by atoms with Crippen molar-refractivity contribution in [1.29, 1.82) is 5.26 Å². The Balaban J connectivity index is 2.18. The highest BCUT2D eigenvalue weighted by atomic mass is 16.3. The van der Waals surface area contributed by atoms with E-state index in [2.05, 4.69) is 19.1 Å². The van der Waals surface area contributed by atoms with Crippen molar-refractivity contribution < 1.29 is 4.42 Å². The average molecular weight is 197 g/mol. The Morgan fingerprint density at radius 1 is 1.47 bits per heavy atom. The molecular weight excluding hydrogens is 186 g/mol. The van der Waals surface area contributed by atoms with Crippen molar-refractivity contribution in [1.82, 2.24) is 0 Å². The van der Waals surface area contributed by atoms with Gasteiger partial charge in [0.25, 0.3) is 0 Å². The van der Waals surface area contributed by atoms with Crippen LogP contribution in [0.25, 0.3) is 11.0 Å². The Morgan fingerprint density at radius 2 is 2.27 bits per heavy atom. The molecule has 0 saturated heterocycles. The van der Waals surface area contributed by atoms with Gasteiger partial charge in [-0.1, -0.05) is 25.1 Å². The molecule has 1 fully saturated rings. The minimum atomic E-state index is 0.0152. The summed E-state index contributed by atoms with van der Waals surface area (Å²) in [7, 11) is 0. The fourth-order valence-electron chi connectivity index (χ4n) is 2.27. The fourth-order valence-corrected chi connectivity index (χ4v) is 2.27. The van der Waals surface area contributed by atoms with Crippen molar-refractivity contribution in [2.24, 2.45) is 5.92 Å². The zero-order valence-corrected chi connectivity index (χ0v) is 8.53. The summed E-state index contributed by atoms with van der Waals surface area (Å²) >= 11 is 0. The molecule has 2 heteroatoms. The Labute approximate surface area is 88.1 Å². The molecule has 1 aliphatic carbocycles. The molecule has 2 unspecified atom stereocenters. The zero-order chi connectivity index (χ0) is 10.5. The first-order chi connectivity index (χ1) is 7.25. The normalized spacial score (nSPS) is 28.9. The first-order valence-corrected chi connectivity index (χ1v) is 5.12. The van der Waals surface area contributed by atoms with E-state index in [1.54, 1.807) is 0 Å². The van der Waals surface area contributed by atoms with E-state index in [9.17, 15) is 0 Å². The molecule has 0 radical (unpaired) electrons. The highest BCUT2D eigenvalue weighted by molar-refractivity contribution is 5.82. The molecule has 2 nitrogen and oxygen atoms in total. The van der Waals surface area contributed by atoms with Crippen LogP contribution in [-0.4, -0.2) is 0 Å². The second-order valence-corrected chi connectivity index (χ2v) is 4.45. The number of hydrogen-bond donors (Lipinski definition) is 0. The van der Waals surface area contributed by atoms with Crippen molar-refractivity contribution >= 4 is 11.0 Å². The molecule has 1 heterocycles. The monoisotopic (exact) mass is 197 g/mol. The van der Waals surface area contributed by atoms with Gasteiger partial charge < -0.3 is 4.42 Å². The van der Waals surface area contributed by atoms with Crippen LogP contribution in [0.1, 0.15) is 18.9 Å². The summed E-state index contributed by atoms with van der Waals surface area (Å²) in [5.41, 5.74) is 2.11. The lowest BCUT2D eigenvalue weighted by molar-refractivity contribution is 0.599. The molecule has 1 aromatic carbocycles. The van der Waals surface area contributed by atoms with Crippen LogP contribution in [0.15, 0.2) is 34.9 Å². The van der Waals surface area contributed by atoms with E-state index in [1.807, 2.05) is 24.5 Å². The minimum Gasteiger partial charge on any atom is -0.464 e. The van der Waals surface area contributed by atoms with E-state index in [1.165, 1.54) is 5.56 Å². The van der Waals surface area contributed by atoms with Crippen molar-refractivity contribution in [3.8, 4) is 6.07 Å². The maximum absolute atomic E-state index is 8.93. The average Bonchev–Trinajstić information content (AvgIpc) is 2.76. The number of rotatable bonds is 1. The van der Waals surface area contributed by atoms with Crippen LogP contribution in [0.3, 0.4) is 0 Å². The number of fused-ring (bicyclic) bond motifs is 1. The first-order valence-electron chi connectivity index (χ1n) is 5.12. The highest BCUT2D eigenvalue weighted by Gasteiger charge is 2.53. The third-order valence-corrected chi connectivity index (χ3v) is 3.49. The molecule has 1 aromatic heterocycles. The van der Waals surface area contributed by atoms with Crippen LogP contribution in [0, 0.1) is 17.2 Å². The van der Waals surface area contributed by atoms with Crippen LogP contribution in [0.2, 0.25) is 0 Å². The van der Waals surface area contributed by atoms with E-state index in [-0.39, 0.29) is 11.3 Å². The molecular formula is C13H11NO. The van der Waals surface area contributed by atoms with E-state index in [0.29, 0.717) is 0 Å². The van der Waals surface area contributed by atoms with Gasteiger partial charge in [-0.2, -0.15) is 5.26 Å². The Bertz CT molecular complexity index is 563. The van der Waals surface area contributed by atoms with E-state index in [4.69, 9.17) is 9.68 Å². The Kier molecular flexibility index (Phi) is 1.50. The lowest BCUT2D eigenvalue weighted by Gasteiger charge is -2.05. The smallest absolute Gasteiger partial charge is 0.134 e. The lowest BCUT2D eigenvalue weighted by atomic mass is 9.95. The van der Waals surface area contributed by atoms with Gasteiger partial charge in [-0.3, -0.25) is 0 Å². The summed E-state index contributed by atoms with van der Waals surface area (Å²) in [6.07, 6.45) is 2.76. The summed E-state index contributed by atoms with van der Waals surface area (Å²) in [5.74, 6) is 0.151. The van der Waals surface area contributed by atoms with Gasteiger partial charge in [0.1, 0.15) is 5.58 Å². The minimum absolute atomic E-state index is 0.0152. The molecule has 15 heavy (non-hydrogen) atoms. The van der Waals surface area contributed by atoms with Gasteiger partial charge in [-0.25, -0.2) is 0 Å². The topological polar surface area (TPSA) is 36.9 Å². The third kappa shape index (κ3) is 1.04. The van der Waals surface area contributed by atoms with Crippen LogP contribution in [0.4, 0.5) is 0 Å². The summed E-state index contributed by atoms with van der Waals surface area (Å²) in [6, 6.07) is 10.3. The summed E-state index contributed by atoms with van der Waals surface area (Å²) in [6.45, 7) is 2.14. The van der Waals surface area contributed by atoms with Gasteiger partial charge in [0.05, 0.1) is 18.3 Å². The molecule has 2 atom stereocenters. The predicted octanol–water partition coefficient (Wildman–Crippen LogP) is 3.23. The number of hydrogen-bond acceptors (Lipinski definition) is 2. The van der Waals surface area contributed by atoms with E-state index >= 15 is 0 Å². The highest BCUT2D eigenvalue weighted by Crippen LogP contribution is 2.55. The second-order valence-electron chi connectivity index (χ2n) is 4.45. The fraction of sp³-hybridized carbons (Fsp3) is 0.308. The van der Waals surface area contributed by atoms with Crippen molar-refractivity contribution in [2.45, 2.75) is 18.8 Å². The Hall–Kier alpha value is -1.75. The van der Waals surface area contributed by atoms with Gasteiger partial charge in [0.15, 0.2) is 0 Å². The molecule has 74 valence electrons. The van der Waals surface area contributed by atoms with Gasteiger partial charge in [0, 0.05) is 16.4 Å². The standard InChI is InChI=1S/C13H11NO/c1-13(6-9(13)7-14)11-8-15-12-5-3-2-4-10(11)12/h2-5,8-9H,6H2,1H3. The maximum atomic E-state index is 8.93. The van der Waals surface area contributed by atoms with Crippen LogP contribution in [-0.2, 0) is 5.41 Å². The van der Waals surface area contributed by atoms with E-state index in [0.717, 1.165) is 17.4 Å². The number of para-hydroxylation sites is 1. The third-order valence-electron chi connectivity index (χ3n) is 3.49. The van der Waals surface area contributed by atoms with Gasteiger partial charge in [0.2, 0.25) is 0 Å². The Morgan fingerprint density at radius 3 is 3.00 bits per heavy atom. The molecule has 1 aliphatic rings. The molecule has 0 N–H and O–H groups in total. The van der Waals surface area contributed by atoms with Crippen molar-refractivity contribution in [3.63, 3.8) is 0 Å². The second kappa shape index (κ2) is 2.64. The van der Waals surface area contributed by atoms with Crippen LogP contribution < -0.4 is 0 Å². The molecule has 0 spiro atoms. The molecule has 0 amide bonds. The molecule has 0 bridgehead atoms. The lowest BCUT2D eigenvalue weighted by Crippen LogP contribution is -2.01. The number of benzene rings is 1. The van der Waals surface area contributed by atoms with Crippen LogP contribution in [0.5, 0.6) is 0 Å². The largest absolute Gasteiger partial charge is 0.464 e. The molecule has 0 aliphatic heterocycles. The van der Waals surface area contributed by atoms with Gasteiger partial charge in [-0.05, 0) is 12.5 Å². The number of nitrogens with zero attached hydrogens (tertiary/aromatic N) is 1. The van der Waals surface area contributed by atoms with Crippen molar-refractivity contribution in [3.05, 3.63) is 36.1 Å². The predicted molar refractivity (Wildman–Crippen MR) is 57.3 cm³/mol. The number of nitriles is 1. The molecule has 3 rings (SSSR count). The zero-order valence-electron chi connectivity index (χ0n) is 8.53. The number of furan rings is 1. The molecule has 1 saturated carbocycles. The summed E-state index contributed by atoms with van der Waals surface area (Å²) < 4.78 is 5.50. The summed E-state index contributed by atoms with van der Waals surface area (Å²) in [4.78, 5) is 0. The van der Waals surface area contributed by atoms with Crippen molar-refractivity contribution in [2.75, 3.05) is 0 Å². The van der Waals surface area contributed by atoms with Gasteiger partial charge >= 0.3 is 0 Å². The van der Waals surface area contributed by atoms with Crippen LogP contribution >= 0.6 is 0 Å². The quantitative estimate of drug-likeness (QED) is 0.703. The van der Waals surface area contributed by atoms with Gasteiger partial charge in [-0.15, -0.1) is 0 Å². The first kappa shape index (κ1) is 8.55. The SMILES string of the molecule is CC1(c2coc3ccccc23)CC1C#N. The summed E-state index contributed by atoms with van der Waals surface area (Å²) in [5, 5.41) is 10.1.